The van der Waals surface area contributed by atoms with Gasteiger partial charge >= 0.3 is 0 Å². The van der Waals surface area contributed by atoms with E-state index in [1.54, 1.807) is 6.26 Å². The van der Waals surface area contributed by atoms with Crippen molar-refractivity contribution in [1.29, 1.82) is 0 Å². The standard InChI is InChI=1S/C13H10O/c1-2-4-11-8-13-9-14-6-5-12(13)7-10(11)3-1/h1-8H,9H2. The Balaban J connectivity index is 2.34. The van der Waals surface area contributed by atoms with Crippen LogP contribution in [0.15, 0.2) is 42.7 Å². The fraction of sp³-hybridized carbons (Fsp3) is 0.0769. The van der Waals surface area contributed by atoms with Crippen molar-refractivity contribution >= 4 is 16.8 Å². The van der Waals surface area contributed by atoms with Crippen LogP contribution in [-0.4, -0.2) is 0 Å². The van der Waals surface area contributed by atoms with Gasteiger partial charge in [-0.1, -0.05) is 24.3 Å². The van der Waals surface area contributed by atoms with E-state index in [0.717, 1.165) is 0 Å². The summed E-state index contributed by atoms with van der Waals surface area (Å²) < 4.78 is 5.26. The first-order chi connectivity index (χ1) is 6.93. The maximum absolute atomic E-state index is 5.26. The van der Waals surface area contributed by atoms with Gasteiger partial charge in [0.2, 0.25) is 0 Å². The van der Waals surface area contributed by atoms with Gasteiger partial charge in [0.15, 0.2) is 0 Å². The number of rotatable bonds is 0. The number of hydrogen-bond donors (Lipinski definition) is 0. The van der Waals surface area contributed by atoms with E-state index in [0.29, 0.717) is 6.61 Å². The highest BCUT2D eigenvalue weighted by atomic mass is 16.5. The van der Waals surface area contributed by atoms with Crippen molar-refractivity contribution in [3.8, 4) is 0 Å². The average Bonchev–Trinajstić information content (AvgIpc) is 2.26. The summed E-state index contributed by atoms with van der Waals surface area (Å²) in [6.07, 6.45) is 3.78. The third-order valence-electron chi connectivity index (χ3n) is 2.59. The molecule has 68 valence electrons. The Morgan fingerprint density at radius 2 is 1.79 bits per heavy atom. The minimum absolute atomic E-state index is 0.691. The van der Waals surface area contributed by atoms with Crippen LogP contribution in [0.2, 0.25) is 0 Å². The quantitative estimate of drug-likeness (QED) is 0.607. The summed E-state index contributed by atoms with van der Waals surface area (Å²) in [6.45, 7) is 0.691. The van der Waals surface area contributed by atoms with Gasteiger partial charge in [0.1, 0.15) is 6.61 Å². The first-order valence-corrected chi connectivity index (χ1v) is 4.73. The molecule has 1 aliphatic rings. The fourth-order valence-corrected chi connectivity index (χ4v) is 1.84. The zero-order chi connectivity index (χ0) is 9.38. The summed E-state index contributed by atoms with van der Waals surface area (Å²) in [6, 6.07) is 12.8. The van der Waals surface area contributed by atoms with Gasteiger partial charge in [-0.25, -0.2) is 0 Å². The maximum atomic E-state index is 5.26. The molecule has 0 aliphatic carbocycles. The Hall–Kier alpha value is -1.76. The van der Waals surface area contributed by atoms with Crippen LogP contribution in [-0.2, 0) is 11.3 Å². The molecule has 2 aromatic carbocycles. The third-order valence-corrected chi connectivity index (χ3v) is 2.59. The van der Waals surface area contributed by atoms with Crippen molar-refractivity contribution < 1.29 is 4.74 Å². The molecule has 1 heterocycles. The number of hydrogen-bond acceptors (Lipinski definition) is 1. The van der Waals surface area contributed by atoms with E-state index < -0.39 is 0 Å². The Labute approximate surface area is 82.6 Å². The molecule has 1 heteroatoms. The minimum atomic E-state index is 0.691. The first kappa shape index (κ1) is 7.63. The van der Waals surface area contributed by atoms with Gasteiger partial charge in [0.05, 0.1) is 6.26 Å². The maximum Gasteiger partial charge on any atom is 0.113 e. The molecule has 0 spiro atoms. The topological polar surface area (TPSA) is 9.23 Å². The van der Waals surface area contributed by atoms with Gasteiger partial charge in [-0.15, -0.1) is 0 Å². The lowest BCUT2D eigenvalue weighted by molar-refractivity contribution is 0.234. The molecule has 1 aliphatic heterocycles. The average molecular weight is 182 g/mol. The Kier molecular flexibility index (Phi) is 1.57. The summed E-state index contributed by atoms with van der Waals surface area (Å²) in [5.41, 5.74) is 2.54. The molecule has 3 rings (SSSR count). The van der Waals surface area contributed by atoms with Gasteiger partial charge in [0, 0.05) is 0 Å². The zero-order valence-electron chi connectivity index (χ0n) is 7.73. The second-order valence-electron chi connectivity index (χ2n) is 3.51. The Morgan fingerprint density at radius 1 is 1.00 bits per heavy atom. The molecular weight excluding hydrogens is 172 g/mol. The highest BCUT2D eigenvalue weighted by Crippen LogP contribution is 2.24. The fourth-order valence-electron chi connectivity index (χ4n) is 1.84. The van der Waals surface area contributed by atoms with Crippen molar-refractivity contribution in [2.75, 3.05) is 0 Å². The van der Waals surface area contributed by atoms with Crippen LogP contribution in [0.1, 0.15) is 11.1 Å². The van der Waals surface area contributed by atoms with Gasteiger partial charge in [0.25, 0.3) is 0 Å². The van der Waals surface area contributed by atoms with Crippen LogP contribution in [0.5, 0.6) is 0 Å². The molecule has 0 saturated heterocycles. The second-order valence-corrected chi connectivity index (χ2v) is 3.51. The van der Waals surface area contributed by atoms with Crippen LogP contribution in [0.3, 0.4) is 0 Å². The molecule has 14 heavy (non-hydrogen) atoms. The smallest absolute Gasteiger partial charge is 0.113 e. The SMILES string of the molecule is C1=Cc2cc3ccccc3cc2CO1. The van der Waals surface area contributed by atoms with Crippen LogP contribution >= 0.6 is 0 Å². The summed E-state index contributed by atoms with van der Waals surface area (Å²) in [7, 11) is 0. The van der Waals surface area contributed by atoms with E-state index in [9.17, 15) is 0 Å². The summed E-state index contributed by atoms with van der Waals surface area (Å²) in [4.78, 5) is 0. The number of fused-ring (bicyclic) bond motifs is 2. The van der Waals surface area contributed by atoms with Crippen LogP contribution in [0, 0.1) is 0 Å². The van der Waals surface area contributed by atoms with Crippen molar-refractivity contribution in [2.45, 2.75) is 6.61 Å². The van der Waals surface area contributed by atoms with Crippen molar-refractivity contribution in [1.82, 2.24) is 0 Å². The van der Waals surface area contributed by atoms with Gasteiger partial charge in [-0.05, 0) is 40.1 Å². The van der Waals surface area contributed by atoms with E-state index in [-0.39, 0.29) is 0 Å². The van der Waals surface area contributed by atoms with Crippen molar-refractivity contribution in [3.05, 3.63) is 53.8 Å². The third kappa shape index (κ3) is 1.10. The van der Waals surface area contributed by atoms with E-state index >= 15 is 0 Å². The molecule has 0 radical (unpaired) electrons. The lowest BCUT2D eigenvalue weighted by Gasteiger charge is -2.12. The Bertz CT molecular complexity index is 512. The van der Waals surface area contributed by atoms with Crippen molar-refractivity contribution in [3.63, 3.8) is 0 Å². The van der Waals surface area contributed by atoms with E-state index in [2.05, 4.69) is 36.4 Å². The number of benzene rings is 2. The molecule has 0 bridgehead atoms. The predicted molar refractivity (Wildman–Crippen MR) is 57.8 cm³/mol. The van der Waals surface area contributed by atoms with Gasteiger partial charge in [-0.2, -0.15) is 0 Å². The summed E-state index contributed by atoms with van der Waals surface area (Å²) >= 11 is 0. The van der Waals surface area contributed by atoms with Gasteiger partial charge < -0.3 is 4.74 Å². The second kappa shape index (κ2) is 2.88. The summed E-state index contributed by atoms with van der Waals surface area (Å²) in [5, 5.41) is 2.57. The van der Waals surface area contributed by atoms with Crippen LogP contribution < -0.4 is 0 Å². The number of ether oxygens (including phenoxy) is 1. The monoisotopic (exact) mass is 182 g/mol. The molecule has 1 nitrogen and oxygen atoms in total. The van der Waals surface area contributed by atoms with Crippen molar-refractivity contribution in [2.24, 2.45) is 0 Å². The van der Waals surface area contributed by atoms with Gasteiger partial charge in [-0.3, -0.25) is 0 Å². The molecule has 0 atom stereocenters. The van der Waals surface area contributed by atoms with Crippen LogP contribution in [0.4, 0.5) is 0 Å². The molecule has 2 aromatic rings. The molecule has 0 unspecified atom stereocenters. The Morgan fingerprint density at radius 3 is 2.64 bits per heavy atom. The minimum Gasteiger partial charge on any atom is -0.496 e. The normalized spacial score (nSPS) is 13.7. The van der Waals surface area contributed by atoms with E-state index in [1.165, 1.54) is 21.9 Å². The first-order valence-electron chi connectivity index (χ1n) is 4.73. The largest absolute Gasteiger partial charge is 0.496 e. The molecule has 0 aromatic heterocycles. The van der Waals surface area contributed by atoms with Crippen LogP contribution in [0.25, 0.3) is 16.8 Å². The molecule has 0 amide bonds. The van der Waals surface area contributed by atoms with E-state index in [1.807, 2.05) is 6.08 Å². The summed E-state index contributed by atoms with van der Waals surface area (Å²) in [5.74, 6) is 0. The lowest BCUT2D eigenvalue weighted by atomic mass is 10.0. The lowest BCUT2D eigenvalue weighted by Crippen LogP contribution is -1.95. The highest BCUT2D eigenvalue weighted by Gasteiger charge is 2.05. The molecular formula is C13H10O. The predicted octanol–water partition coefficient (Wildman–Crippen LogP) is 3.34. The highest BCUT2D eigenvalue weighted by molar-refractivity contribution is 5.86. The molecule has 0 N–H and O–H groups in total. The molecule has 0 fully saturated rings. The van der Waals surface area contributed by atoms with E-state index in [4.69, 9.17) is 4.74 Å². The molecule has 0 saturated carbocycles. The zero-order valence-corrected chi connectivity index (χ0v) is 7.73.